The van der Waals surface area contributed by atoms with Gasteiger partial charge in [0, 0.05) is 22.9 Å². The van der Waals surface area contributed by atoms with E-state index in [-0.39, 0.29) is 17.9 Å². The lowest BCUT2D eigenvalue weighted by Gasteiger charge is -2.18. The van der Waals surface area contributed by atoms with Gasteiger partial charge < -0.3 is 0 Å². The molecule has 0 saturated heterocycles. The highest BCUT2D eigenvalue weighted by Crippen LogP contribution is 2.28. The minimum atomic E-state index is -0.271. The van der Waals surface area contributed by atoms with Crippen molar-refractivity contribution in [3.8, 4) is 11.3 Å². The number of carbonyl (C=O) groups excluding carboxylic acids is 1. The number of aromatic nitrogens is 3. The highest BCUT2D eigenvalue weighted by atomic mass is 32.1. The summed E-state index contributed by atoms with van der Waals surface area (Å²) in [7, 11) is 0. The number of carbonyl (C=O) groups is 1. The summed E-state index contributed by atoms with van der Waals surface area (Å²) in [4.78, 5) is 31.3. The van der Waals surface area contributed by atoms with Crippen molar-refractivity contribution >= 4 is 33.1 Å². The average molecular weight is 402 g/mol. The Morgan fingerprint density at radius 3 is 2.59 bits per heavy atom. The Morgan fingerprint density at radius 1 is 1.10 bits per heavy atom. The number of fused-ring (bicyclic) bond motifs is 1. The predicted molar refractivity (Wildman–Crippen MR) is 116 cm³/mol. The normalized spacial score (nSPS) is 10.8. The number of aromatic amines is 1. The number of nitrogens with one attached hydrogen (secondary N) is 1. The molecule has 1 N–H and O–H groups in total. The molecule has 1 amide bonds. The number of rotatable bonds is 6. The first-order valence-corrected chi connectivity index (χ1v) is 9.94. The molecule has 0 spiro atoms. The highest BCUT2D eigenvalue weighted by Gasteiger charge is 2.20. The second kappa shape index (κ2) is 8.20. The van der Waals surface area contributed by atoms with Crippen molar-refractivity contribution in [2.45, 2.75) is 6.42 Å². The third kappa shape index (κ3) is 3.86. The molecule has 0 aliphatic rings. The van der Waals surface area contributed by atoms with Crippen LogP contribution in [0, 0.1) is 0 Å². The maximum Gasteiger partial charge on any atom is 0.272 e. The van der Waals surface area contributed by atoms with Crippen molar-refractivity contribution in [1.82, 2.24) is 15.2 Å². The van der Waals surface area contributed by atoms with Gasteiger partial charge in [-0.25, -0.2) is 10.1 Å². The van der Waals surface area contributed by atoms with Gasteiger partial charge in [0.2, 0.25) is 5.91 Å². The van der Waals surface area contributed by atoms with Crippen molar-refractivity contribution in [3.05, 3.63) is 88.7 Å². The smallest absolute Gasteiger partial charge is 0.272 e. The number of hydrogen-bond donors (Lipinski definition) is 1. The Balaban J connectivity index is 1.64. The van der Waals surface area contributed by atoms with Gasteiger partial charge in [0.25, 0.3) is 5.56 Å². The molecule has 144 valence electrons. The Labute approximate surface area is 171 Å². The van der Waals surface area contributed by atoms with E-state index in [1.807, 2.05) is 41.8 Å². The first-order valence-electron chi connectivity index (χ1n) is 9.06. The molecule has 2 aromatic heterocycles. The topological polar surface area (TPSA) is 79.0 Å². The molecule has 0 aliphatic heterocycles. The number of benzene rings is 2. The van der Waals surface area contributed by atoms with Crippen molar-refractivity contribution in [3.63, 3.8) is 0 Å². The second-order valence-electron chi connectivity index (χ2n) is 6.40. The van der Waals surface area contributed by atoms with E-state index < -0.39 is 0 Å². The van der Waals surface area contributed by atoms with Crippen LogP contribution in [0.25, 0.3) is 22.0 Å². The van der Waals surface area contributed by atoms with Crippen LogP contribution < -0.4 is 10.5 Å². The lowest BCUT2D eigenvalue weighted by molar-refractivity contribution is -0.117. The van der Waals surface area contributed by atoms with Crippen LogP contribution in [0.2, 0.25) is 0 Å². The van der Waals surface area contributed by atoms with Gasteiger partial charge in [0.05, 0.1) is 23.2 Å². The Morgan fingerprint density at radius 2 is 1.83 bits per heavy atom. The molecule has 0 fully saturated rings. The van der Waals surface area contributed by atoms with Crippen molar-refractivity contribution in [2.24, 2.45) is 0 Å². The van der Waals surface area contributed by atoms with Gasteiger partial charge in [-0.2, -0.15) is 5.10 Å². The number of hydrogen-bond acceptors (Lipinski definition) is 5. The van der Waals surface area contributed by atoms with Crippen molar-refractivity contribution in [1.29, 1.82) is 0 Å². The van der Waals surface area contributed by atoms with Crippen molar-refractivity contribution in [2.75, 3.05) is 11.4 Å². The second-order valence-corrected chi connectivity index (χ2v) is 7.23. The first kappa shape index (κ1) is 18.8. The monoisotopic (exact) mass is 402 g/mol. The molecule has 2 heterocycles. The maximum absolute atomic E-state index is 13.1. The number of amides is 1. The summed E-state index contributed by atoms with van der Waals surface area (Å²) in [6, 6.07) is 16.9. The zero-order valence-corrected chi connectivity index (χ0v) is 16.4. The van der Waals surface area contributed by atoms with Gasteiger partial charge in [0.1, 0.15) is 0 Å². The van der Waals surface area contributed by atoms with E-state index in [4.69, 9.17) is 0 Å². The molecular weight excluding hydrogens is 384 g/mol. The lowest BCUT2D eigenvalue weighted by Crippen LogP contribution is -2.33. The standard InChI is InChI=1S/C22H18N4O2S/c1-2-12-26(22-23-19(14-29-22)15-8-4-3-5-9-15)20(27)13-18-16-10-6-7-11-17(16)21(28)25-24-18/h2-11,14H,1,12-13H2,(H,25,28). The summed E-state index contributed by atoms with van der Waals surface area (Å²) >= 11 is 1.41. The zero-order valence-electron chi connectivity index (χ0n) is 15.5. The molecule has 0 unspecified atom stereocenters. The SMILES string of the molecule is C=CCN(C(=O)Cc1n[nH]c(=O)c2ccccc12)c1nc(-c2ccccc2)cs1. The third-order valence-electron chi connectivity index (χ3n) is 4.50. The summed E-state index contributed by atoms with van der Waals surface area (Å²) in [5.74, 6) is -0.163. The molecule has 0 saturated carbocycles. The van der Waals surface area contributed by atoms with E-state index in [2.05, 4.69) is 21.8 Å². The predicted octanol–water partition coefficient (Wildman–Crippen LogP) is 3.81. The molecule has 6 nitrogen and oxygen atoms in total. The number of thiazole rings is 1. The van der Waals surface area contributed by atoms with Crippen LogP contribution in [0.5, 0.6) is 0 Å². The van der Waals surface area contributed by atoms with Gasteiger partial charge in [-0.1, -0.05) is 54.6 Å². The molecule has 0 aliphatic carbocycles. The summed E-state index contributed by atoms with van der Waals surface area (Å²) in [6.07, 6.45) is 1.71. The van der Waals surface area contributed by atoms with Gasteiger partial charge >= 0.3 is 0 Å². The Kier molecular flexibility index (Phi) is 5.31. The van der Waals surface area contributed by atoms with Gasteiger partial charge in [-0.05, 0) is 6.07 Å². The van der Waals surface area contributed by atoms with Crippen LogP contribution in [-0.2, 0) is 11.2 Å². The molecular formula is C22H18N4O2S. The molecule has 7 heteroatoms. The minimum Gasteiger partial charge on any atom is -0.284 e. The van der Waals surface area contributed by atoms with Crippen LogP contribution in [0.1, 0.15) is 5.69 Å². The summed E-state index contributed by atoms with van der Waals surface area (Å²) in [5, 5.41) is 10.3. The van der Waals surface area contributed by atoms with Crippen LogP contribution in [0.4, 0.5) is 5.13 Å². The van der Waals surface area contributed by atoms with Gasteiger partial charge in [-0.15, -0.1) is 17.9 Å². The Hall–Kier alpha value is -3.58. The lowest BCUT2D eigenvalue weighted by atomic mass is 10.1. The summed E-state index contributed by atoms with van der Waals surface area (Å²) in [5.41, 5.74) is 2.07. The number of H-pyrrole nitrogens is 1. The fourth-order valence-electron chi connectivity index (χ4n) is 3.09. The van der Waals surface area contributed by atoms with Crippen LogP contribution in [0.15, 0.2) is 77.4 Å². The van der Waals surface area contributed by atoms with Crippen LogP contribution in [-0.4, -0.2) is 27.6 Å². The van der Waals surface area contributed by atoms with E-state index in [0.717, 1.165) is 11.3 Å². The molecule has 0 atom stereocenters. The summed E-state index contributed by atoms with van der Waals surface area (Å²) < 4.78 is 0. The van der Waals surface area contributed by atoms with Gasteiger partial charge in [0.15, 0.2) is 5.13 Å². The molecule has 0 bridgehead atoms. The number of anilines is 1. The average Bonchev–Trinajstić information content (AvgIpc) is 3.24. The van der Waals surface area contributed by atoms with Gasteiger partial charge in [-0.3, -0.25) is 14.5 Å². The minimum absolute atomic E-state index is 0.0470. The summed E-state index contributed by atoms with van der Waals surface area (Å²) in [6.45, 7) is 4.10. The molecule has 0 radical (unpaired) electrons. The molecule has 2 aromatic carbocycles. The van der Waals surface area contributed by atoms with E-state index in [0.29, 0.717) is 28.1 Å². The molecule has 4 aromatic rings. The van der Waals surface area contributed by atoms with E-state index >= 15 is 0 Å². The molecule has 4 rings (SSSR count). The maximum atomic E-state index is 13.1. The quantitative estimate of drug-likeness (QED) is 0.498. The van der Waals surface area contributed by atoms with E-state index in [1.165, 1.54) is 11.3 Å². The molecule has 29 heavy (non-hydrogen) atoms. The number of nitrogens with zero attached hydrogens (tertiary/aromatic N) is 3. The van der Waals surface area contributed by atoms with Crippen molar-refractivity contribution < 1.29 is 4.79 Å². The largest absolute Gasteiger partial charge is 0.284 e. The van der Waals surface area contributed by atoms with Crippen LogP contribution >= 0.6 is 11.3 Å². The zero-order chi connectivity index (χ0) is 20.2. The first-order chi connectivity index (χ1) is 14.2. The third-order valence-corrected chi connectivity index (χ3v) is 5.36. The van der Waals surface area contributed by atoms with E-state index in [9.17, 15) is 9.59 Å². The highest BCUT2D eigenvalue weighted by molar-refractivity contribution is 7.14. The Bertz CT molecular complexity index is 1230. The van der Waals surface area contributed by atoms with Crippen LogP contribution in [0.3, 0.4) is 0 Å². The fraction of sp³-hybridized carbons (Fsp3) is 0.0909. The van der Waals surface area contributed by atoms with E-state index in [1.54, 1.807) is 29.2 Å². The fourth-order valence-corrected chi connectivity index (χ4v) is 3.95.